The third-order valence-electron chi connectivity index (χ3n) is 4.82. The average molecular weight is 311 g/mol. The van der Waals surface area contributed by atoms with Gasteiger partial charge in [0.2, 0.25) is 0 Å². The summed E-state index contributed by atoms with van der Waals surface area (Å²) in [6.45, 7) is 5.65. The van der Waals surface area contributed by atoms with E-state index in [0.717, 1.165) is 31.7 Å². The number of rotatable bonds is 4. The third-order valence-corrected chi connectivity index (χ3v) is 4.82. The van der Waals surface area contributed by atoms with Crippen LogP contribution in [-0.2, 0) is 13.6 Å². The Hall–Kier alpha value is -1.91. The number of ketones is 1. The van der Waals surface area contributed by atoms with Crippen molar-refractivity contribution >= 4 is 5.78 Å². The summed E-state index contributed by atoms with van der Waals surface area (Å²) in [5.41, 5.74) is 3.37. The Balaban J connectivity index is 1.73. The number of carbonyl (C=O) groups excluding carboxylic acids is 1. The van der Waals surface area contributed by atoms with Gasteiger partial charge in [0, 0.05) is 56.7 Å². The number of hydrogen-bond acceptors (Lipinski definition) is 3. The van der Waals surface area contributed by atoms with Gasteiger partial charge in [0.25, 0.3) is 0 Å². The van der Waals surface area contributed by atoms with Gasteiger partial charge >= 0.3 is 0 Å². The number of likely N-dealkylation sites (N-methyl/N-ethyl adjacent to an activating group) is 1. The van der Waals surface area contributed by atoms with Crippen molar-refractivity contribution in [1.82, 2.24) is 14.4 Å². The van der Waals surface area contributed by atoms with Gasteiger partial charge in [-0.1, -0.05) is 30.3 Å². The summed E-state index contributed by atoms with van der Waals surface area (Å²) in [6.07, 6.45) is 1.93. The van der Waals surface area contributed by atoms with Gasteiger partial charge in [-0.15, -0.1) is 0 Å². The highest BCUT2D eigenvalue weighted by atomic mass is 16.1. The molecule has 1 aliphatic rings. The van der Waals surface area contributed by atoms with E-state index in [2.05, 4.69) is 51.7 Å². The first-order valence-electron chi connectivity index (χ1n) is 8.18. The molecule has 1 atom stereocenters. The molecular weight excluding hydrogens is 286 g/mol. The van der Waals surface area contributed by atoms with E-state index in [1.807, 2.05) is 19.3 Å². The smallest absolute Gasteiger partial charge is 0.161 e. The predicted octanol–water partition coefficient (Wildman–Crippen LogP) is 2.72. The number of piperazine rings is 1. The van der Waals surface area contributed by atoms with Crippen LogP contribution in [0.2, 0.25) is 0 Å². The van der Waals surface area contributed by atoms with Crippen LogP contribution in [0, 0.1) is 0 Å². The summed E-state index contributed by atoms with van der Waals surface area (Å²) in [6, 6.07) is 13.2. The van der Waals surface area contributed by atoms with E-state index in [0.29, 0.717) is 6.04 Å². The van der Waals surface area contributed by atoms with Crippen molar-refractivity contribution in [3.05, 3.63) is 59.4 Å². The minimum atomic E-state index is 0.132. The summed E-state index contributed by atoms with van der Waals surface area (Å²) >= 11 is 0. The second-order valence-electron chi connectivity index (χ2n) is 6.53. The molecular formula is C19H25N3O. The molecule has 0 aliphatic carbocycles. The van der Waals surface area contributed by atoms with Crippen molar-refractivity contribution in [2.45, 2.75) is 19.5 Å². The number of aromatic nitrogens is 1. The number of carbonyl (C=O) groups is 1. The zero-order chi connectivity index (χ0) is 16.4. The number of nitrogens with zero attached hydrogens (tertiary/aromatic N) is 3. The Morgan fingerprint density at radius 2 is 1.91 bits per heavy atom. The minimum Gasteiger partial charge on any atom is -0.353 e. The van der Waals surface area contributed by atoms with Crippen molar-refractivity contribution in [3.8, 4) is 0 Å². The fourth-order valence-corrected chi connectivity index (χ4v) is 3.30. The lowest BCUT2D eigenvalue weighted by molar-refractivity contribution is 0.0890. The standard InChI is InChI=1S/C19H25N3O/c1-15(23)17-11-18(21(3)12-17)13-22-10-9-20(2)19(14-22)16-7-5-4-6-8-16/h4-8,11-12,19H,9-10,13-14H2,1-3H3. The summed E-state index contributed by atoms with van der Waals surface area (Å²) < 4.78 is 2.08. The zero-order valence-electron chi connectivity index (χ0n) is 14.2. The van der Waals surface area contributed by atoms with Crippen molar-refractivity contribution in [2.75, 3.05) is 26.7 Å². The molecule has 0 bridgehead atoms. The third kappa shape index (κ3) is 3.54. The van der Waals surface area contributed by atoms with Gasteiger partial charge in [-0.2, -0.15) is 0 Å². The van der Waals surface area contributed by atoms with Crippen LogP contribution in [0.3, 0.4) is 0 Å². The van der Waals surface area contributed by atoms with Crippen molar-refractivity contribution in [2.24, 2.45) is 7.05 Å². The van der Waals surface area contributed by atoms with Crippen LogP contribution < -0.4 is 0 Å². The summed E-state index contributed by atoms with van der Waals surface area (Å²) in [5, 5.41) is 0. The highest BCUT2D eigenvalue weighted by molar-refractivity contribution is 5.94. The first kappa shape index (κ1) is 16.0. The van der Waals surface area contributed by atoms with Crippen molar-refractivity contribution in [1.29, 1.82) is 0 Å². The molecule has 1 aromatic heterocycles. The zero-order valence-corrected chi connectivity index (χ0v) is 14.2. The lowest BCUT2D eigenvalue weighted by Gasteiger charge is -2.39. The monoisotopic (exact) mass is 311 g/mol. The fourth-order valence-electron chi connectivity index (χ4n) is 3.30. The van der Waals surface area contributed by atoms with Crippen molar-refractivity contribution < 1.29 is 4.79 Å². The normalized spacial score (nSPS) is 19.9. The highest BCUT2D eigenvalue weighted by Crippen LogP contribution is 2.25. The lowest BCUT2D eigenvalue weighted by Crippen LogP contribution is -2.46. The molecule has 1 unspecified atom stereocenters. The Morgan fingerprint density at radius 1 is 1.17 bits per heavy atom. The average Bonchev–Trinajstić information content (AvgIpc) is 2.91. The molecule has 0 N–H and O–H groups in total. The predicted molar refractivity (Wildman–Crippen MR) is 92.5 cm³/mol. The van der Waals surface area contributed by atoms with Crippen LogP contribution in [0.5, 0.6) is 0 Å². The molecule has 1 aliphatic heterocycles. The molecule has 4 heteroatoms. The summed E-state index contributed by atoms with van der Waals surface area (Å²) in [4.78, 5) is 16.5. The molecule has 0 amide bonds. The van der Waals surface area contributed by atoms with Crippen LogP contribution in [0.25, 0.3) is 0 Å². The topological polar surface area (TPSA) is 28.5 Å². The molecule has 122 valence electrons. The van der Waals surface area contributed by atoms with E-state index in [1.54, 1.807) is 6.92 Å². The van der Waals surface area contributed by atoms with E-state index < -0.39 is 0 Å². The van der Waals surface area contributed by atoms with Gasteiger partial charge in [-0.05, 0) is 25.6 Å². The van der Waals surface area contributed by atoms with Gasteiger partial charge in [0.15, 0.2) is 5.78 Å². The van der Waals surface area contributed by atoms with Crippen LogP contribution in [0.4, 0.5) is 0 Å². The van der Waals surface area contributed by atoms with E-state index in [9.17, 15) is 4.79 Å². The maximum Gasteiger partial charge on any atom is 0.161 e. The molecule has 0 saturated carbocycles. The number of Topliss-reactive ketones (excluding diaryl/α,β-unsaturated/α-hetero) is 1. The maximum absolute atomic E-state index is 11.5. The van der Waals surface area contributed by atoms with E-state index >= 15 is 0 Å². The SMILES string of the molecule is CC(=O)c1cc(CN2CCN(C)C(c3ccccc3)C2)n(C)c1. The molecule has 1 saturated heterocycles. The molecule has 2 heterocycles. The first-order chi connectivity index (χ1) is 11.0. The number of benzene rings is 1. The van der Waals surface area contributed by atoms with E-state index in [4.69, 9.17) is 0 Å². The lowest BCUT2D eigenvalue weighted by atomic mass is 10.0. The van der Waals surface area contributed by atoms with Gasteiger partial charge in [-0.25, -0.2) is 0 Å². The molecule has 1 fully saturated rings. The van der Waals surface area contributed by atoms with E-state index in [-0.39, 0.29) is 5.78 Å². The van der Waals surface area contributed by atoms with Crippen LogP contribution in [0.15, 0.2) is 42.6 Å². The summed E-state index contributed by atoms with van der Waals surface area (Å²) in [5.74, 6) is 0.132. The fraction of sp³-hybridized carbons (Fsp3) is 0.421. The quantitative estimate of drug-likeness (QED) is 0.813. The molecule has 23 heavy (non-hydrogen) atoms. The second-order valence-corrected chi connectivity index (χ2v) is 6.53. The summed E-state index contributed by atoms with van der Waals surface area (Å²) in [7, 11) is 4.22. The number of hydrogen-bond donors (Lipinski definition) is 0. The molecule has 4 nitrogen and oxygen atoms in total. The second kappa shape index (κ2) is 6.69. The van der Waals surface area contributed by atoms with Crippen LogP contribution in [0.1, 0.15) is 34.6 Å². The molecule has 3 rings (SSSR count). The molecule has 0 radical (unpaired) electrons. The largest absolute Gasteiger partial charge is 0.353 e. The van der Waals surface area contributed by atoms with Gasteiger partial charge in [0.1, 0.15) is 0 Å². The Bertz CT molecular complexity index is 677. The Labute approximate surface area is 138 Å². The molecule has 2 aromatic rings. The Morgan fingerprint density at radius 3 is 2.57 bits per heavy atom. The van der Waals surface area contributed by atoms with Gasteiger partial charge in [-0.3, -0.25) is 14.6 Å². The van der Waals surface area contributed by atoms with Gasteiger partial charge in [0.05, 0.1) is 0 Å². The van der Waals surface area contributed by atoms with Crippen LogP contribution >= 0.6 is 0 Å². The first-order valence-corrected chi connectivity index (χ1v) is 8.18. The van der Waals surface area contributed by atoms with Crippen LogP contribution in [-0.4, -0.2) is 46.8 Å². The molecule has 0 spiro atoms. The Kier molecular flexibility index (Phi) is 4.64. The molecule has 1 aromatic carbocycles. The van der Waals surface area contributed by atoms with E-state index in [1.165, 1.54) is 11.3 Å². The highest BCUT2D eigenvalue weighted by Gasteiger charge is 2.26. The maximum atomic E-state index is 11.5. The number of aryl methyl sites for hydroxylation is 1. The van der Waals surface area contributed by atoms with Crippen molar-refractivity contribution in [3.63, 3.8) is 0 Å². The van der Waals surface area contributed by atoms with Gasteiger partial charge < -0.3 is 4.57 Å². The minimum absolute atomic E-state index is 0.132.